The summed E-state index contributed by atoms with van der Waals surface area (Å²) in [6.07, 6.45) is 1.08. The molecule has 0 saturated carbocycles. The van der Waals surface area contributed by atoms with Crippen LogP contribution in [0, 0.1) is 5.92 Å². The first kappa shape index (κ1) is 12.9. The van der Waals surface area contributed by atoms with E-state index in [2.05, 4.69) is 26.1 Å². The van der Waals surface area contributed by atoms with Crippen molar-refractivity contribution in [1.82, 2.24) is 5.32 Å². The molecule has 0 rings (SSSR count). The topological polar surface area (TPSA) is 41.5 Å². The predicted molar refractivity (Wildman–Crippen MR) is 54.8 cm³/mol. The third-order valence-corrected chi connectivity index (χ3v) is 2.44. The van der Waals surface area contributed by atoms with E-state index in [1.807, 2.05) is 0 Å². The van der Waals surface area contributed by atoms with Crippen molar-refractivity contribution >= 4 is 0 Å². The highest BCUT2D eigenvalue weighted by Crippen LogP contribution is 2.07. The van der Waals surface area contributed by atoms with Crippen LogP contribution in [0.2, 0.25) is 0 Å². The highest BCUT2D eigenvalue weighted by Gasteiger charge is 2.16. The number of rotatable bonds is 7. The molecule has 0 aromatic carbocycles. The molecule has 0 fully saturated rings. The molecule has 0 radical (unpaired) electrons. The van der Waals surface area contributed by atoms with Gasteiger partial charge in [-0.15, -0.1) is 0 Å². The molecule has 0 heterocycles. The van der Waals surface area contributed by atoms with Gasteiger partial charge in [-0.2, -0.15) is 0 Å². The molecule has 3 nitrogen and oxygen atoms in total. The van der Waals surface area contributed by atoms with Crippen molar-refractivity contribution in [2.45, 2.75) is 39.3 Å². The minimum atomic E-state index is 0.190. The van der Waals surface area contributed by atoms with E-state index in [9.17, 15) is 0 Å². The van der Waals surface area contributed by atoms with E-state index in [-0.39, 0.29) is 12.6 Å². The van der Waals surface area contributed by atoms with Crippen LogP contribution >= 0.6 is 0 Å². The summed E-state index contributed by atoms with van der Waals surface area (Å²) in [5, 5.41) is 12.5. The van der Waals surface area contributed by atoms with Crippen LogP contribution in [0.1, 0.15) is 27.2 Å². The maximum absolute atomic E-state index is 9.14. The zero-order chi connectivity index (χ0) is 10.3. The van der Waals surface area contributed by atoms with Crippen molar-refractivity contribution in [3.63, 3.8) is 0 Å². The maximum atomic E-state index is 9.14. The van der Waals surface area contributed by atoms with Gasteiger partial charge in [0.15, 0.2) is 0 Å². The average molecular weight is 189 g/mol. The van der Waals surface area contributed by atoms with Gasteiger partial charge >= 0.3 is 0 Å². The molecule has 2 N–H and O–H groups in total. The highest BCUT2D eigenvalue weighted by atomic mass is 16.5. The van der Waals surface area contributed by atoms with Crippen LogP contribution in [0.5, 0.6) is 0 Å². The van der Waals surface area contributed by atoms with Crippen LogP contribution in [-0.4, -0.2) is 37.5 Å². The standard InChI is InChI=1S/C10H23NO2/c1-5-8(2)10(6-12)11-9(3)7-13-4/h8-12H,5-7H2,1-4H3. The van der Waals surface area contributed by atoms with E-state index in [1.165, 1.54) is 0 Å². The Morgan fingerprint density at radius 3 is 2.38 bits per heavy atom. The lowest BCUT2D eigenvalue weighted by Crippen LogP contribution is -2.44. The summed E-state index contributed by atoms with van der Waals surface area (Å²) in [5.74, 6) is 0.504. The SMILES string of the molecule is CCC(C)C(CO)NC(C)COC. The van der Waals surface area contributed by atoms with Crippen LogP contribution in [0.3, 0.4) is 0 Å². The molecule has 0 aliphatic heterocycles. The van der Waals surface area contributed by atoms with Gasteiger partial charge in [0.1, 0.15) is 0 Å². The molecule has 0 aromatic rings. The Balaban J connectivity index is 3.82. The number of methoxy groups -OCH3 is 1. The zero-order valence-electron chi connectivity index (χ0n) is 9.21. The van der Waals surface area contributed by atoms with Crippen LogP contribution in [0.15, 0.2) is 0 Å². The highest BCUT2D eigenvalue weighted by molar-refractivity contribution is 4.74. The lowest BCUT2D eigenvalue weighted by Gasteiger charge is -2.25. The summed E-state index contributed by atoms with van der Waals surface area (Å²) in [6, 6.07) is 0.492. The van der Waals surface area contributed by atoms with Gasteiger partial charge in [0.2, 0.25) is 0 Å². The Morgan fingerprint density at radius 2 is 2.00 bits per heavy atom. The molecule has 0 aliphatic rings. The third-order valence-electron chi connectivity index (χ3n) is 2.44. The van der Waals surface area contributed by atoms with Crippen molar-refractivity contribution in [1.29, 1.82) is 0 Å². The molecule has 0 aliphatic carbocycles. The second-order valence-corrected chi connectivity index (χ2v) is 3.70. The van der Waals surface area contributed by atoms with Gasteiger partial charge < -0.3 is 15.2 Å². The number of aliphatic hydroxyl groups excluding tert-OH is 1. The number of ether oxygens (including phenoxy) is 1. The first-order chi connectivity index (χ1) is 6.15. The summed E-state index contributed by atoms with van der Waals surface area (Å²) in [6.45, 7) is 7.23. The fourth-order valence-electron chi connectivity index (χ4n) is 1.34. The third kappa shape index (κ3) is 5.24. The average Bonchev–Trinajstić information content (AvgIpc) is 2.13. The summed E-state index contributed by atoms with van der Waals surface area (Å²) in [7, 11) is 1.69. The predicted octanol–water partition coefficient (Wildman–Crippen LogP) is 1.02. The number of hydrogen-bond acceptors (Lipinski definition) is 3. The largest absolute Gasteiger partial charge is 0.395 e. The van der Waals surface area contributed by atoms with Crippen LogP contribution in [-0.2, 0) is 4.74 Å². The molecule has 0 saturated heterocycles. The summed E-state index contributed by atoms with van der Waals surface area (Å²) < 4.78 is 5.02. The van der Waals surface area contributed by atoms with Crippen molar-refractivity contribution in [3.05, 3.63) is 0 Å². The Hall–Kier alpha value is -0.120. The molecule has 3 heteroatoms. The van der Waals surface area contributed by atoms with Crippen LogP contribution in [0.4, 0.5) is 0 Å². The van der Waals surface area contributed by atoms with Crippen LogP contribution < -0.4 is 5.32 Å². The van der Waals surface area contributed by atoms with Gasteiger partial charge in [-0.25, -0.2) is 0 Å². The molecule has 13 heavy (non-hydrogen) atoms. The van der Waals surface area contributed by atoms with Crippen molar-refractivity contribution in [3.8, 4) is 0 Å². The van der Waals surface area contributed by atoms with E-state index in [0.29, 0.717) is 18.6 Å². The van der Waals surface area contributed by atoms with E-state index < -0.39 is 0 Å². The van der Waals surface area contributed by atoms with E-state index in [0.717, 1.165) is 6.42 Å². The molecule has 3 atom stereocenters. The smallest absolute Gasteiger partial charge is 0.0613 e. The Labute approximate surface area is 81.5 Å². The minimum absolute atomic E-state index is 0.190. The van der Waals surface area contributed by atoms with Gasteiger partial charge in [0, 0.05) is 19.2 Å². The second-order valence-electron chi connectivity index (χ2n) is 3.70. The fraction of sp³-hybridized carbons (Fsp3) is 1.00. The van der Waals surface area contributed by atoms with Gasteiger partial charge in [0.25, 0.3) is 0 Å². The van der Waals surface area contributed by atoms with E-state index in [4.69, 9.17) is 9.84 Å². The first-order valence-electron chi connectivity index (χ1n) is 5.01. The van der Waals surface area contributed by atoms with Crippen molar-refractivity contribution in [2.75, 3.05) is 20.3 Å². The second kappa shape index (κ2) is 7.30. The molecule has 0 amide bonds. The lowest BCUT2D eigenvalue weighted by atomic mass is 9.99. The molecule has 0 bridgehead atoms. The number of aliphatic hydroxyl groups is 1. The first-order valence-corrected chi connectivity index (χ1v) is 5.01. The fourth-order valence-corrected chi connectivity index (χ4v) is 1.34. The zero-order valence-corrected chi connectivity index (χ0v) is 9.21. The summed E-state index contributed by atoms with van der Waals surface area (Å²) in [4.78, 5) is 0. The molecule has 0 aromatic heterocycles. The monoisotopic (exact) mass is 189 g/mol. The quantitative estimate of drug-likeness (QED) is 0.628. The number of nitrogens with one attached hydrogen (secondary N) is 1. The Kier molecular flexibility index (Phi) is 7.23. The van der Waals surface area contributed by atoms with Gasteiger partial charge in [0.05, 0.1) is 13.2 Å². The number of hydrogen-bond donors (Lipinski definition) is 2. The van der Waals surface area contributed by atoms with E-state index >= 15 is 0 Å². The minimum Gasteiger partial charge on any atom is -0.395 e. The van der Waals surface area contributed by atoms with E-state index in [1.54, 1.807) is 7.11 Å². The van der Waals surface area contributed by atoms with Gasteiger partial charge in [-0.3, -0.25) is 0 Å². The molecular formula is C10H23NO2. The normalized spacial score (nSPS) is 18.2. The van der Waals surface area contributed by atoms with Gasteiger partial charge in [-0.05, 0) is 12.8 Å². The molecule has 80 valence electrons. The lowest BCUT2D eigenvalue weighted by molar-refractivity contribution is 0.140. The van der Waals surface area contributed by atoms with Gasteiger partial charge in [-0.1, -0.05) is 20.3 Å². The molecule has 3 unspecified atom stereocenters. The van der Waals surface area contributed by atoms with Crippen molar-refractivity contribution < 1.29 is 9.84 Å². The summed E-state index contributed by atoms with van der Waals surface area (Å²) >= 11 is 0. The Morgan fingerprint density at radius 1 is 1.38 bits per heavy atom. The Bertz CT molecular complexity index is 119. The molecule has 0 spiro atoms. The molecular weight excluding hydrogens is 166 g/mol. The summed E-state index contributed by atoms with van der Waals surface area (Å²) in [5.41, 5.74) is 0. The maximum Gasteiger partial charge on any atom is 0.0613 e. The van der Waals surface area contributed by atoms with Crippen LogP contribution in [0.25, 0.3) is 0 Å². The van der Waals surface area contributed by atoms with Crippen molar-refractivity contribution in [2.24, 2.45) is 5.92 Å².